The van der Waals surface area contributed by atoms with Crippen molar-refractivity contribution in [2.45, 2.75) is 0 Å². The van der Waals surface area contributed by atoms with E-state index in [0.717, 1.165) is 0 Å². The molecule has 0 saturated carbocycles. The second-order valence-electron chi connectivity index (χ2n) is 1.41. The minimum atomic E-state index is 0. The smallest absolute Gasteiger partial charge is 0 e. The fourth-order valence-electron chi connectivity index (χ4n) is 0.453. The van der Waals surface area contributed by atoms with E-state index < -0.39 is 0 Å². The summed E-state index contributed by atoms with van der Waals surface area (Å²) < 4.78 is 0. The Morgan fingerprint density at radius 1 is 1.00 bits per heavy atom. The van der Waals surface area contributed by atoms with Gasteiger partial charge in [0.2, 0.25) is 0 Å². The van der Waals surface area contributed by atoms with E-state index in [1.165, 1.54) is 5.30 Å². The van der Waals surface area contributed by atoms with E-state index in [0.29, 0.717) is 0 Å². The van der Waals surface area contributed by atoms with E-state index in [1.807, 2.05) is 30.3 Å². The Kier molecular flexibility index (Phi) is 4.18. The van der Waals surface area contributed by atoms with Crippen molar-refractivity contribution in [1.29, 1.82) is 0 Å². The van der Waals surface area contributed by atoms with Gasteiger partial charge in [0.15, 0.2) is 0 Å². The molecule has 0 spiro atoms. The summed E-state index contributed by atoms with van der Waals surface area (Å²) in [6.07, 6.45) is 0. The predicted molar refractivity (Wildman–Crippen MR) is 35.8 cm³/mol. The van der Waals surface area contributed by atoms with Gasteiger partial charge in [0.1, 0.15) is 0 Å². The minimum absolute atomic E-state index is 0. The van der Waals surface area contributed by atoms with Gasteiger partial charge in [0.05, 0.1) is 0 Å². The first kappa shape index (κ1) is 8.17. The molecule has 1 radical (unpaired) electrons. The molecule has 2 heteroatoms. The van der Waals surface area contributed by atoms with Crippen LogP contribution < -0.4 is 5.30 Å². The molecule has 0 saturated heterocycles. The van der Waals surface area contributed by atoms with Crippen molar-refractivity contribution in [3.8, 4) is 0 Å². The standard InChI is InChI=1S/C6H7P.Cu/c7-6-4-2-1-3-5-6;/h1-5H,7H2;. The van der Waals surface area contributed by atoms with Gasteiger partial charge in [0, 0.05) is 17.1 Å². The zero-order chi connectivity index (χ0) is 5.11. The van der Waals surface area contributed by atoms with Crippen molar-refractivity contribution >= 4 is 14.5 Å². The molecule has 1 aromatic rings. The topological polar surface area (TPSA) is 0 Å². The first-order chi connectivity index (χ1) is 3.39. The maximum absolute atomic E-state index is 2.63. The third-order valence-electron chi connectivity index (χ3n) is 0.800. The van der Waals surface area contributed by atoms with Gasteiger partial charge in [-0.05, 0) is 5.30 Å². The quantitative estimate of drug-likeness (QED) is 0.409. The first-order valence-corrected chi connectivity index (χ1v) is 2.78. The van der Waals surface area contributed by atoms with Crippen LogP contribution in [0.3, 0.4) is 0 Å². The Morgan fingerprint density at radius 3 is 1.75 bits per heavy atom. The molecule has 0 N–H and O–H groups in total. The van der Waals surface area contributed by atoms with E-state index in [1.54, 1.807) is 0 Å². The van der Waals surface area contributed by atoms with Crippen LogP contribution in [0.2, 0.25) is 0 Å². The molecule has 0 aliphatic rings. The van der Waals surface area contributed by atoms with Crippen LogP contribution in [-0.4, -0.2) is 0 Å². The maximum atomic E-state index is 2.63. The normalized spacial score (nSPS) is 7.62. The van der Waals surface area contributed by atoms with Gasteiger partial charge in [-0.15, -0.1) is 9.24 Å². The fraction of sp³-hybridized carbons (Fsp3) is 0. The predicted octanol–water partition coefficient (Wildman–Crippen LogP) is 1.18. The third kappa shape index (κ3) is 2.47. The van der Waals surface area contributed by atoms with Gasteiger partial charge in [-0.1, -0.05) is 30.3 Å². The molecule has 47 valence electrons. The maximum Gasteiger partial charge on any atom is 0 e. The van der Waals surface area contributed by atoms with Crippen molar-refractivity contribution in [2.24, 2.45) is 0 Å². The Balaban J connectivity index is 0.000000490. The number of rotatable bonds is 0. The zero-order valence-electron chi connectivity index (χ0n) is 4.27. The Hall–Kier alpha value is 0.169. The summed E-state index contributed by atoms with van der Waals surface area (Å²) in [5, 5.41) is 1.24. The molecule has 1 atom stereocenters. The summed E-state index contributed by atoms with van der Waals surface area (Å²) in [5.74, 6) is 0. The second kappa shape index (κ2) is 4.09. The molecule has 1 aromatic carbocycles. The molecule has 8 heavy (non-hydrogen) atoms. The molecule has 1 rings (SSSR count). The molecule has 0 aliphatic carbocycles. The Labute approximate surface area is 62.4 Å². The minimum Gasteiger partial charge on any atom is -0.106 e. The molecular formula is C6H7CuP. The largest absolute Gasteiger partial charge is 0.106 e. The number of hydrogen-bond donors (Lipinski definition) is 0. The van der Waals surface area contributed by atoms with Crippen LogP contribution in [0, 0.1) is 0 Å². The molecule has 1 unspecified atom stereocenters. The van der Waals surface area contributed by atoms with Gasteiger partial charge >= 0.3 is 0 Å². The van der Waals surface area contributed by atoms with E-state index in [-0.39, 0.29) is 17.1 Å². The second-order valence-corrected chi connectivity index (χ2v) is 2.08. The van der Waals surface area contributed by atoms with Crippen molar-refractivity contribution < 1.29 is 17.1 Å². The summed E-state index contributed by atoms with van der Waals surface area (Å²) in [5.41, 5.74) is 0. The van der Waals surface area contributed by atoms with Gasteiger partial charge in [0.25, 0.3) is 0 Å². The fourth-order valence-corrected chi connectivity index (χ4v) is 0.675. The summed E-state index contributed by atoms with van der Waals surface area (Å²) in [6.45, 7) is 0. The van der Waals surface area contributed by atoms with Crippen LogP contribution in [-0.2, 0) is 17.1 Å². The first-order valence-electron chi connectivity index (χ1n) is 2.20. The molecule has 0 amide bonds. The van der Waals surface area contributed by atoms with Crippen LogP contribution in [0.4, 0.5) is 0 Å². The van der Waals surface area contributed by atoms with Crippen LogP contribution >= 0.6 is 9.24 Å². The summed E-state index contributed by atoms with van der Waals surface area (Å²) >= 11 is 0. The number of hydrogen-bond acceptors (Lipinski definition) is 0. The van der Waals surface area contributed by atoms with Crippen molar-refractivity contribution in [3.63, 3.8) is 0 Å². The van der Waals surface area contributed by atoms with Gasteiger partial charge < -0.3 is 0 Å². The molecule has 0 bridgehead atoms. The van der Waals surface area contributed by atoms with Gasteiger partial charge in [-0.2, -0.15) is 0 Å². The molecule has 0 nitrogen and oxygen atoms in total. The van der Waals surface area contributed by atoms with Crippen molar-refractivity contribution in [1.82, 2.24) is 0 Å². The molecule has 0 aliphatic heterocycles. The molecule has 0 fully saturated rings. The summed E-state index contributed by atoms with van der Waals surface area (Å²) in [6, 6.07) is 10.1. The third-order valence-corrected chi connectivity index (χ3v) is 1.18. The van der Waals surface area contributed by atoms with E-state index >= 15 is 0 Å². The van der Waals surface area contributed by atoms with E-state index in [4.69, 9.17) is 0 Å². The summed E-state index contributed by atoms with van der Waals surface area (Å²) in [7, 11) is 2.63. The van der Waals surface area contributed by atoms with E-state index in [2.05, 4.69) is 9.24 Å². The Bertz CT molecular complexity index is 138. The van der Waals surface area contributed by atoms with Crippen LogP contribution in [0.5, 0.6) is 0 Å². The Morgan fingerprint density at radius 2 is 1.50 bits per heavy atom. The van der Waals surface area contributed by atoms with Crippen molar-refractivity contribution in [3.05, 3.63) is 30.3 Å². The monoisotopic (exact) mass is 173 g/mol. The number of benzene rings is 1. The van der Waals surface area contributed by atoms with E-state index in [9.17, 15) is 0 Å². The molecule has 0 heterocycles. The molecule has 0 aromatic heterocycles. The SMILES string of the molecule is Pc1ccccc1.[Cu]. The van der Waals surface area contributed by atoms with Crippen LogP contribution in [0.15, 0.2) is 30.3 Å². The van der Waals surface area contributed by atoms with Gasteiger partial charge in [-0.25, -0.2) is 0 Å². The summed E-state index contributed by atoms with van der Waals surface area (Å²) in [4.78, 5) is 0. The van der Waals surface area contributed by atoms with Gasteiger partial charge in [-0.3, -0.25) is 0 Å². The van der Waals surface area contributed by atoms with Crippen LogP contribution in [0.25, 0.3) is 0 Å². The van der Waals surface area contributed by atoms with Crippen molar-refractivity contribution in [2.75, 3.05) is 0 Å². The zero-order valence-corrected chi connectivity index (χ0v) is 6.36. The van der Waals surface area contributed by atoms with Crippen LogP contribution in [0.1, 0.15) is 0 Å². The average molecular weight is 174 g/mol. The average Bonchev–Trinajstić information content (AvgIpc) is 1.69. The molecular weight excluding hydrogens is 167 g/mol.